The van der Waals surface area contributed by atoms with Crippen molar-refractivity contribution in [2.24, 2.45) is 16.5 Å². The van der Waals surface area contributed by atoms with Gasteiger partial charge in [0.05, 0.1) is 24.3 Å². The molecule has 0 aromatic rings. The second-order valence-electron chi connectivity index (χ2n) is 7.35. The molecule has 23 heteroatoms. The summed E-state index contributed by atoms with van der Waals surface area (Å²) in [6.07, 6.45) is 0. The van der Waals surface area contributed by atoms with Gasteiger partial charge in [0, 0.05) is 23.0 Å². The van der Waals surface area contributed by atoms with E-state index in [-0.39, 0.29) is 35.1 Å². The van der Waals surface area contributed by atoms with E-state index in [4.69, 9.17) is 26.8 Å². The molecule has 2 unspecified atom stereocenters. The number of halogens is 2. The van der Waals surface area contributed by atoms with E-state index in [0.717, 1.165) is 11.8 Å². The summed E-state index contributed by atoms with van der Waals surface area (Å²) < 4.78 is 13.2. The molecule has 7 N–H and O–H groups in total. The predicted octanol–water partition coefficient (Wildman–Crippen LogP) is -0.629. The Morgan fingerprint density at radius 1 is 0.978 bits per heavy atom. The van der Waals surface area contributed by atoms with E-state index in [1.165, 1.54) is 11.8 Å². The van der Waals surface area contributed by atoms with Gasteiger partial charge in [-0.15, -0.1) is 0 Å². The van der Waals surface area contributed by atoms with E-state index < -0.39 is 59.5 Å². The van der Waals surface area contributed by atoms with Gasteiger partial charge in [-0.1, -0.05) is 31.9 Å². The Kier molecular flexibility index (Phi) is 36.1. The van der Waals surface area contributed by atoms with Crippen molar-refractivity contribution >= 4 is 129 Å². The fraction of sp³-hybridized carbons (Fsp3) is 0.609. The maximum absolute atomic E-state index is 11.0. The molecule has 1 rings (SSSR count). The van der Waals surface area contributed by atoms with E-state index in [1.807, 2.05) is 5.83 Å². The monoisotopic (exact) mass is 843 g/mol. The topological polar surface area (TPSA) is 289 Å². The van der Waals surface area contributed by atoms with Crippen LogP contribution in [0.3, 0.4) is 0 Å². The van der Waals surface area contributed by atoms with Gasteiger partial charge in [0.25, 0.3) is 0 Å². The Labute approximate surface area is 297 Å². The molecule has 0 bridgehead atoms. The number of nitrogens with zero attached hydrogens (tertiary/aromatic N) is 1. The molecule has 46 heavy (non-hydrogen) atoms. The number of carboxylic acid groups (broad SMARTS) is 3. The van der Waals surface area contributed by atoms with E-state index in [1.54, 1.807) is 13.8 Å². The van der Waals surface area contributed by atoms with Crippen molar-refractivity contribution in [3.63, 3.8) is 0 Å². The molecule has 0 aliphatic carbocycles. The number of thioether (sulfide) groups is 2. The third kappa shape index (κ3) is 28.1. The number of hydrogen-bond donors (Lipinski definition) is 6. The van der Waals surface area contributed by atoms with Gasteiger partial charge >= 0.3 is 43.9 Å². The number of ketones is 2. The SMILES string of the molecule is CBr.CCOC(=O)C(N)CS.CCOC(=O)C(N)CSCC(=O)C(=O)O.O=C(O)C(=O)CBr.[B]OC(=O)[C@@H]1CSCC(C(=O)O)=N1. The first-order chi connectivity index (χ1) is 21.5. The summed E-state index contributed by atoms with van der Waals surface area (Å²) in [5.74, 6) is -4.50. The molecule has 0 spiro atoms. The van der Waals surface area contributed by atoms with E-state index >= 15 is 0 Å². The number of rotatable bonds is 14. The van der Waals surface area contributed by atoms with Gasteiger partial charge in [-0.3, -0.25) is 29.0 Å². The quantitative estimate of drug-likeness (QED) is 0.0417. The van der Waals surface area contributed by atoms with Gasteiger partial charge in [-0.2, -0.15) is 36.2 Å². The highest BCUT2D eigenvalue weighted by molar-refractivity contribution is 9.09. The van der Waals surface area contributed by atoms with E-state index in [9.17, 15) is 38.4 Å². The molecular formula is C23H36BBr2N3O14S3. The number of nitrogens with two attached hydrogens (primary N) is 2. The molecular weight excluding hydrogens is 809 g/mol. The van der Waals surface area contributed by atoms with Crippen LogP contribution in [0.1, 0.15) is 13.8 Å². The number of carbonyl (C=O) groups is 8. The van der Waals surface area contributed by atoms with Crippen LogP contribution in [0.4, 0.5) is 0 Å². The second kappa shape index (κ2) is 32.8. The van der Waals surface area contributed by atoms with Gasteiger partial charge in [0.15, 0.2) is 6.04 Å². The number of aliphatic carboxylic acids is 3. The normalized spacial score (nSPS) is 13.9. The number of aliphatic imine (C=N–C) groups is 1. The maximum Gasteiger partial charge on any atom is 0.378 e. The fourth-order valence-electron chi connectivity index (χ4n) is 1.88. The van der Waals surface area contributed by atoms with Crippen molar-refractivity contribution in [2.75, 3.05) is 53.1 Å². The van der Waals surface area contributed by atoms with Crippen molar-refractivity contribution in [2.45, 2.75) is 32.0 Å². The van der Waals surface area contributed by atoms with Gasteiger partial charge in [0.1, 0.15) is 17.8 Å². The van der Waals surface area contributed by atoms with Crippen LogP contribution in [-0.2, 0) is 52.5 Å². The molecule has 3 atom stereocenters. The van der Waals surface area contributed by atoms with E-state index in [0.29, 0.717) is 23.9 Å². The number of carboxylic acids is 3. The number of Topliss-reactive ketones (excluding diaryl/α,β-unsaturated/α-hetero) is 2. The van der Waals surface area contributed by atoms with Crippen LogP contribution in [0.15, 0.2) is 4.99 Å². The lowest BCUT2D eigenvalue weighted by Gasteiger charge is -2.16. The molecule has 1 aliphatic heterocycles. The summed E-state index contributed by atoms with van der Waals surface area (Å²) in [6, 6.07) is -2.18. The lowest BCUT2D eigenvalue weighted by Crippen LogP contribution is -2.35. The first-order valence-electron chi connectivity index (χ1n) is 12.3. The highest BCUT2D eigenvalue weighted by Gasteiger charge is 2.25. The third-order valence-electron chi connectivity index (χ3n) is 3.97. The van der Waals surface area contributed by atoms with Crippen LogP contribution >= 0.6 is 68.0 Å². The van der Waals surface area contributed by atoms with Crippen LogP contribution in [0.5, 0.6) is 0 Å². The zero-order valence-corrected chi connectivity index (χ0v) is 30.6. The smallest absolute Gasteiger partial charge is 0.378 e. The van der Waals surface area contributed by atoms with Gasteiger partial charge in [-0.25, -0.2) is 14.4 Å². The first-order valence-corrected chi connectivity index (χ1v) is 18.0. The first kappa shape index (κ1) is 50.7. The van der Waals surface area contributed by atoms with Crippen molar-refractivity contribution in [3.05, 3.63) is 0 Å². The minimum Gasteiger partial charge on any atom is -0.542 e. The molecule has 0 saturated carbocycles. The number of alkyl halides is 2. The fourth-order valence-corrected chi connectivity index (χ4v) is 4.03. The number of hydrogen-bond acceptors (Lipinski definition) is 17. The lowest BCUT2D eigenvalue weighted by molar-refractivity contribution is -0.147. The van der Waals surface area contributed by atoms with Gasteiger partial charge < -0.3 is 40.9 Å². The van der Waals surface area contributed by atoms with Crippen LogP contribution in [-0.4, -0.2) is 148 Å². The minimum absolute atomic E-state index is 0.0216. The number of carbonyl (C=O) groups excluding carboxylic acids is 5. The van der Waals surface area contributed by atoms with Crippen molar-refractivity contribution < 1.29 is 67.8 Å². The average Bonchev–Trinajstić information content (AvgIpc) is 3.05. The summed E-state index contributed by atoms with van der Waals surface area (Å²) in [6.45, 7) is 4.01. The van der Waals surface area contributed by atoms with E-state index in [2.05, 4.69) is 71.7 Å². The second-order valence-corrected chi connectivity index (χ2v) is 10.3. The Hall–Kier alpha value is -2.18. The Morgan fingerprint density at radius 3 is 1.80 bits per heavy atom. The highest BCUT2D eigenvalue weighted by atomic mass is 79.9. The van der Waals surface area contributed by atoms with Crippen LogP contribution in [0, 0.1) is 0 Å². The van der Waals surface area contributed by atoms with Crippen molar-refractivity contribution in [3.8, 4) is 0 Å². The summed E-state index contributed by atoms with van der Waals surface area (Å²) in [5, 5.41) is 24.5. The van der Waals surface area contributed by atoms with Crippen LogP contribution in [0.25, 0.3) is 0 Å². The molecule has 1 heterocycles. The molecule has 262 valence electrons. The molecule has 0 aromatic carbocycles. The van der Waals surface area contributed by atoms with Crippen molar-refractivity contribution in [1.82, 2.24) is 0 Å². The number of thiol groups is 1. The van der Waals surface area contributed by atoms with Crippen LogP contribution < -0.4 is 11.5 Å². The lowest BCUT2D eigenvalue weighted by atomic mass is 10.3. The van der Waals surface area contributed by atoms with Crippen molar-refractivity contribution in [1.29, 1.82) is 0 Å². The number of esters is 2. The minimum atomic E-state index is -1.48. The summed E-state index contributed by atoms with van der Waals surface area (Å²) in [5.41, 5.74) is 10.6. The summed E-state index contributed by atoms with van der Waals surface area (Å²) in [4.78, 5) is 86.8. The average molecular weight is 845 g/mol. The molecule has 0 amide bonds. The predicted molar refractivity (Wildman–Crippen MR) is 182 cm³/mol. The largest absolute Gasteiger partial charge is 0.542 e. The molecule has 0 aromatic heterocycles. The van der Waals surface area contributed by atoms with Gasteiger partial charge in [-0.05, 0) is 19.7 Å². The summed E-state index contributed by atoms with van der Waals surface area (Å²) >= 11 is 11.8. The molecule has 2 radical (unpaired) electrons. The zero-order valence-electron chi connectivity index (χ0n) is 24.9. The van der Waals surface area contributed by atoms with Crippen LogP contribution in [0.2, 0.25) is 0 Å². The molecule has 0 saturated heterocycles. The van der Waals surface area contributed by atoms with Gasteiger partial charge in [0.2, 0.25) is 11.6 Å². The standard InChI is InChI=1S/C8H13NO5S.C6H6BNO4S.C5H11NO2S.C3H3BrO3.CH3Br/c1-2-14-8(13)5(9)3-15-4-6(10)7(11)12;7-12-6(11)4-2-13-1-3(8-4)5(9)10;1-2-8-5(7)4(6)3-9;4-1-2(5)3(6)7;1-2/h5H,2-4,9H2,1H3,(H,11,12);4H,1-2H2,(H,9,10);4,9H,2-3,6H2,1H3;1H2,(H,6,7);1H3/t;4-;;;/m.0.../s1. The Balaban J connectivity index is -0.000000260. The maximum atomic E-state index is 11.0. The summed E-state index contributed by atoms with van der Waals surface area (Å²) in [7, 11) is 4.65. The zero-order chi connectivity index (χ0) is 36.8. The highest BCUT2D eigenvalue weighted by Crippen LogP contribution is 2.14. The molecule has 1 aliphatic rings. The molecule has 0 fully saturated rings. The Bertz CT molecular complexity index is 1030. The molecule has 17 nitrogen and oxygen atoms in total. The third-order valence-corrected chi connectivity index (χ3v) is 6.96. The number of ether oxygens (including phenoxy) is 2. The Morgan fingerprint density at radius 2 is 1.46 bits per heavy atom.